The van der Waals surface area contributed by atoms with Crippen LogP contribution in [0.2, 0.25) is 5.02 Å². The third kappa shape index (κ3) is 4.81. The molecule has 0 aliphatic carbocycles. The van der Waals surface area contributed by atoms with E-state index in [1.54, 1.807) is 11.0 Å². The molecule has 2 aromatic carbocycles. The molecule has 0 radical (unpaired) electrons. The summed E-state index contributed by atoms with van der Waals surface area (Å²) in [4.78, 5) is 39.1. The number of para-hydroxylation sites is 1. The number of phenolic OH excluding ortho intramolecular Hbond substituents is 1. The zero-order valence-corrected chi connectivity index (χ0v) is 23.2. The largest absolute Gasteiger partial charge is 0.507 e. The second-order valence-corrected chi connectivity index (χ2v) is 10.6. The number of nitrogens with zero attached hydrogens (tertiary/aromatic N) is 5. The molecule has 0 saturated carbocycles. The normalized spacial score (nSPS) is 15.6. The zero-order valence-electron chi connectivity index (χ0n) is 22.4. The minimum Gasteiger partial charge on any atom is -0.507 e. The molecule has 206 valence electrons. The van der Waals surface area contributed by atoms with Gasteiger partial charge in [0, 0.05) is 37.3 Å². The Hall–Kier alpha value is -4.24. The van der Waals surface area contributed by atoms with Crippen LogP contribution in [0.3, 0.4) is 0 Å². The maximum Gasteiger partial charge on any atom is 0.355 e. The lowest BCUT2D eigenvalue weighted by molar-refractivity contribution is -0.126. The van der Waals surface area contributed by atoms with E-state index in [-0.39, 0.29) is 39.9 Å². The van der Waals surface area contributed by atoms with Crippen molar-refractivity contribution in [1.29, 1.82) is 0 Å². The number of carbonyl (C=O) groups is 1. The monoisotopic (exact) mass is 561 g/mol. The number of halogens is 2. The number of aromatic nitrogens is 3. The molecule has 4 aromatic rings. The Labute approximate surface area is 236 Å². The summed E-state index contributed by atoms with van der Waals surface area (Å²) in [7, 11) is 0. The van der Waals surface area contributed by atoms with Gasteiger partial charge < -0.3 is 14.9 Å². The van der Waals surface area contributed by atoms with Gasteiger partial charge in [-0.3, -0.25) is 4.79 Å². The first-order valence-corrected chi connectivity index (χ1v) is 13.4. The van der Waals surface area contributed by atoms with E-state index in [2.05, 4.69) is 11.6 Å². The third-order valence-corrected chi connectivity index (χ3v) is 7.49. The number of benzene rings is 2. The van der Waals surface area contributed by atoms with Crippen molar-refractivity contribution < 1.29 is 14.3 Å². The average molecular weight is 562 g/mol. The van der Waals surface area contributed by atoms with Gasteiger partial charge in [0.1, 0.15) is 17.4 Å². The number of carbonyl (C=O) groups excluding carboxylic acids is 1. The molecule has 8 nitrogen and oxygen atoms in total. The van der Waals surface area contributed by atoms with Crippen molar-refractivity contribution in [3.8, 4) is 22.7 Å². The number of hydrogen-bond acceptors (Lipinski definition) is 6. The molecule has 1 fully saturated rings. The van der Waals surface area contributed by atoms with Crippen LogP contribution in [0.1, 0.15) is 32.3 Å². The molecule has 1 aliphatic rings. The number of anilines is 1. The van der Waals surface area contributed by atoms with E-state index in [0.29, 0.717) is 42.2 Å². The van der Waals surface area contributed by atoms with Crippen LogP contribution in [0.25, 0.3) is 28.0 Å². The Morgan fingerprint density at radius 1 is 1.18 bits per heavy atom. The molecule has 1 unspecified atom stereocenters. The van der Waals surface area contributed by atoms with E-state index in [9.17, 15) is 19.1 Å². The van der Waals surface area contributed by atoms with Gasteiger partial charge in [-0.25, -0.2) is 18.7 Å². The molecule has 1 saturated heterocycles. The van der Waals surface area contributed by atoms with Crippen molar-refractivity contribution in [3.63, 3.8) is 0 Å². The van der Waals surface area contributed by atoms with Crippen LogP contribution in [-0.4, -0.2) is 56.1 Å². The van der Waals surface area contributed by atoms with Crippen LogP contribution in [0.4, 0.5) is 10.2 Å². The van der Waals surface area contributed by atoms with Crippen molar-refractivity contribution in [2.75, 3.05) is 24.5 Å². The highest BCUT2D eigenvalue weighted by molar-refractivity contribution is 6.34. The van der Waals surface area contributed by atoms with Crippen LogP contribution in [0.5, 0.6) is 5.75 Å². The number of phenols is 1. The quantitative estimate of drug-likeness (QED) is 0.333. The highest BCUT2D eigenvalue weighted by Crippen LogP contribution is 2.38. The minimum atomic E-state index is -0.601. The van der Waals surface area contributed by atoms with Crippen LogP contribution < -0.4 is 10.6 Å². The molecular weight excluding hydrogens is 533 g/mol. The fraction of sp³-hybridized carbons (Fsp3) is 0.267. The molecule has 1 aliphatic heterocycles. The molecule has 3 heterocycles. The van der Waals surface area contributed by atoms with Gasteiger partial charge >= 0.3 is 5.69 Å². The van der Waals surface area contributed by atoms with Gasteiger partial charge in [-0.05, 0) is 48.7 Å². The van der Waals surface area contributed by atoms with Crippen molar-refractivity contribution in [1.82, 2.24) is 19.4 Å². The Kier molecular flexibility index (Phi) is 7.33. The SMILES string of the molecule is C=CC(=O)N1CCN(c2nc(=O)n(-c3ccccc3C(C)C)c3nc(-c4ccc(F)cc4O)c(Cl)cc23)C(C)C1. The maximum absolute atomic E-state index is 13.8. The average Bonchev–Trinajstić information content (AvgIpc) is 2.92. The van der Waals surface area contributed by atoms with Gasteiger partial charge in [-0.15, -0.1) is 0 Å². The van der Waals surface area contributed by atoms with Crippen molar-refractivity contribution in [2.24, 2.45) is 0 Å². The fourth-order valence-corrected chi connectivity index (χ4v) is 5.47. The summed E-state index contributed by atoms with van der Waals surface area (Å²) in [5, 5.41) is 11.2. The van der Waals surface area contributed by atoms with Gasteiger partial charge in [0.15, 0.2) is 5.65 Å². The molecule has 0 spiro atoms. The van der Waals surface area contributed by atoms with Crippen molar-refractivity contribution in [3.05, 3.63) is 88.1 Å². The fourth-order valence-electron chi connectivity index (χ4n) is 5.22. The van der Waals surface area contributed by atoms with Crippen LogP contribution in [0, 0.1) is 5.82 Å². The first kappa shape index (κ1) is 27.3. The summed E-state index contributed by atoms with van der Waals surface area (Å²) in [6.07, 6.45) is 1.29. The molecule has 10 heteroatoms. The maximum atomic E-state index is 13.8. The Morgan fingerprint density at radius 2 is 1.93 bits per heavy atom. The summed E-state index contributed by atoms with van der Waals surface area (Å²) in [5.41, 5.74) is 1.75. The highest BCUT2D eigenvalue weighted by atomic mass is 35.5. The second kappa shape index (κ2) is 10.7. The molecule has 2 aromatic heterocycles. The Morgan fingerprint density at radius 3 is 2.60 bits per heavy atom. The molecule has 40 heavy (non-hydrogen) atoms. The number of amides is 1. The molecule has 1 N–H and O–H groups in total. The first-order chi connectivity index (χ1) is 19.1. The van der Waals surface area contributed by atoms with Gasteiger partial charge in [-0.2, -0.15) is 4.98 Å². The predicted octanol–water partition coefficient (Wildman–Crippen LogP) is 5.29. The third-order valence-electron chi connectivity index (χ3n) is 7.20. The lowest BCUT2D eigenvalue weighted by atomic mass is 10.0. The summed E-state index contributed by atoms with van der Waals surface area (Å²) < 4.78 is 15.2. The number of hydrogen-bond donors (Lipinski definition) is 1. The molecule has 5 rings (SSSR count). The standard InChI is InChI=1S/C30H29ClFN5O3/c1-5-26(39)35-12-13-36(18(4)16-35)28-22-15-23(31)27(21-11-10-19(32)14-25(21)38)33-29(22)37(30(40)34-28)24-9-7-6-8-20(24)17(2)3/h5-11,14-15,17-18,38H,1,12-13,16H2,2-4H3. The smallest absolute Gasteiger partial charge is 0.355 e. The Bertz CT molecular complexity index is 1700. The molecule has 1 atom stereocenters. The topological polar surface area (TPSA) is 91.6 Å². The van der Waals surface area contributed by atoms with E-state index < -0.39 is 11.5 Å². The first-order valence-electron chi connectivity index (χ1n) is 13.0. The molecular formula is C30H29ClFN5O3. The zero-order chi connectivity index (χ0) is 28.7. The van der Waals surface area contributed by atoms with Gasteiger partial charge in [-0.1, -0.05) is 50.2 Å². The summed E-state index contributed by atoms with van der Waals surface area (Å²) in [6.45, 7) is 10.9. The predicted molar refractivity (Wildman–Crippen MR) is 155 cm³/mol. The summed E-state index contributed by atoms with van der Waals surface area (Å²) in [6, 6.07) is 12.6. The number of rotatable bonds is 5. The lowest BCUT2D eigenvalue weighted by Gasteiger charge is -2.40. The second-order valence-electron chi connectivity index (χ2n) is 10.1. The van der Waals surface area contributed by atoms with Crippen molar-refractivity contribution >= 4 is 34.4 Å². The van der Waals surface area contributed by atoms with E-state index >= 15 is 0 Å². The number of piperazine rings is 1. The van der Waals surface area contributed by atoms with Crippen LogP contribution in [0.15, 0.2) is 66.0 Å². The molecule has 0 bridgehead atoms. The number of pyridine rings is 1. The van der Waals surface area contributed by atoms with Gasteiger partial charge in [0.2, 0.25) is 5.91 Å². The van der Waals surface area contributed by atoms with Crippen LogP contribution in [-0.2, 0) is 4.79 Å². The summed E-state index contributed by atoms with van der Waals surface area (Å²) >= 11 is 6.74. The van der Waals surface area contributed by atoms with Crippen molar-refractivity contribution in [2.45, 2.75) is 32.7 Å². The molecule has 1 amide bonds. The van der Waals surface area contributed by atoms with E-state index in [4.69, 9.17) is 16.6 Å². The lowest BCUT2D eigenvalue weighted by Crippen LogP contribution is -2.54. The van der Waals surface area contributed by atoms with E-state index in [0.717, 1.165) is 11.6 Å². The van der Waals surface area contributed by atoms with E-state index in [1.165, 1.54) is 22.8 Å². The Balaban J connectivity index is 1.79. The van der Waals surface area contributed by atoms with Crippen LogP contribution >= 0.6 is 11.6 Å². The minimum absolute atomic E-state index is 0.0984. The van der Waals surface area contributed by atoms with E-state index in [1.807, 2.05) is 49.9 Å². The summed E-state index contributed by atoms with van der Waals surface area (Å²) in [5.74, 6) is -0.577. The number of aromatic hydroxyl groups is 1. The highest BCUT2D eigenvalue weighted by Gasteiger charge is 2.30. The van der Waals surface area contributed by atoms with Gasteiger partial charge in [0.05, 0.1) is 21.8 Å². The number of fused-ring (bicyclic) bond motifs is 1. The van der Waals surface area contributed by atoms with Gasteiger partial charge in [0.25, 0.3) is 0 Å².